The molecule has 1 N–H and O–H groups in total. The van der Waals surface area contributed by atoms with Crippen LogP contribution in [0, 0.1) is 5.41 Å². The fourth-order valence-electron chi connectivity index (χ4n) is 3.72. The second-order valence-corrected chi connectivity index (χ2v) is 9.38. The van der Waals surface area contributed by atoms with Gasteiger partial charge in [-0.05, 0) is 18.6 Å². The molecule has 2 aromatic rings. The van der Waals surface area contributed by atoms with Crippen LogP contribution in [0.5, 0.6) is 5.75 Å². The number of benzene rings is 1. The number of anilines is 1. The van der Waals surface area contributed by atoms with Crippen LogP contribution in [0.25, 0.3) is 0 Å². The molecule has 1 aliphatic rings. The summed E-state index contributed by atoms with van der Waals surface area (Å²) in [6.07, 6.45) is 1.71. The van der Waals surface area contributed by atoms with Crippen molar-refractivity contribution in [1.29, 1.82) is 0 Å². The van der Waals surface area contributed by atoms with E-state index in [-0.39, 0.29) is 11.5 Å². The minimum absolute atomic E-state index is 0.131. The summed E-state index contributed by atoms with van der Waals surface area (Å²) in [7, 11) is 1.68. The summed E-state index contributed by atoms with van der Waals surface area (Å²) in [6, 6.07) is 9.52. The third kappa shape index (κ3) is 5.81. The number of methoxy groups -OCH3 is 1. The number of para-hydroxylation sites is 2. The molecule has 31 heavy (non-hydrogen) atoms. The Hall–Kier alpha value is -2.48. The fourth-order valence-corrected chi connectivity index (χ4v) is 4.69. The Morgan fingerprint density at radius 1 is 1.23 bits per heavy atom. The van der Waals surface area contributed by atoms with Crippen molar-refractivity contribution in [2.24, 2.45) is 5.41 Å². The van der Waals surface area contributed by atoms with E-state index < -0.39 is 5.41 Å². The summed E-state index contributed by atoms with van der Waals surface area (Å²) in [5.74, 6) is 1.54. The van der Waals surface area contributed by atoms with Crippen molar-refractivity contribution in [2.75, 3.05) is 43.9 Å². The lowest BCUT2D eigenvalue weighted by Gasteiger charge is -2.39. The van der Waals surface area contributed by atoms with E-state index in [1.165, 1.54) is 11.8 Å². The lowest BCUT2D eigenvalue weighted by molar-refractivity contribution is -0.139. The minimum Gasteiger partial charge on any atom is -0.495 e. The summed E-state index contributed by atoms with van der Waals surface area (Å²) in [6.45, 7) is 8.86. The average Bonchev–Trinajstić information content (AvgIpc) is 2.77. The number of aryl methyl sites for hydroxylation is 1. The second-order valence-electron chi connectivity index (χ2n) is 8.42. The normalized spacial score (nSPS) is 14.6. The number of aromatic nitrogens is 2. The number of nitrogens with one attached hydrogen (secondary N) is 1. The van der Waals surface area contributed by atoms with Crippen LogP contribution in [0.15, 0.2) is 40.3 Å². The highest BCUT2D eigenvalue weighted by atomic mass is 32.2. The van der Waals surface area contributed by atoms with Gasteiger partial charge in [0, 0.05) is 43.7 Å². The lowest BCUT2D eigenvalue weighted by atomic mass is 9.94. The van der Waals surface area contributed by atoms with Crippen molar-refractivity contribution >= 4 is 23.4 Å². The van der Waals surface area contributed by atoms with Crippen LogP contribution in [-0.2, 0) is 11.2 Å². The largest absolute Gasteiger partial charge is 0.495 e. The molecule has 0 saturated carbocycles. The predicted molar refractivity (Wildman–Crippen MR) is 125 cm³/mol. The van der Waals surface area contributed by atoms with Crippen molar-refractivity contribution in [1.82, 2.24) is 14.9 Å². The van der Waals surface area contributed by atoms with Crippen molar-refractivity contribution in [3.05, 3.63) is 46.4 Å². The van der Waals surface area contributed by atoms with Gasteiger partial charge >= 0.3 is 0 Å². The van der Waals surface area contributed by atoms with Gasteiger partial charge in [0.15, 0.2) is 5.16 Å². The van der Waals surface area contributed by atoms with Gasteiger partial charge in [-0.3, -0.25) is 9.59 Å². The van der Waals surface area contributed by atoms with Gasteiger partial charge in [0.1, 0.15) is 5.75 Å². The molecule has 1 fully saturated rings. The topological polar surface area (TPSA) is 78.5 Å². The highest BCUT2D eigenvalue weighted by molar-refractivity contribution is 7.99. The molecule has 0 atom stereocenters. The molecule has 0 unspecified atom stereocenters. The van der Waals surface area contributed by atoms with E-state index in [1.54, 1.807) is 13.2 Å². The lowest BCUT2D eigenvalue weighted by Crippen LogP contribution is -2.52. The van der Waals surface area contributed by atoms with Crippen LogP contribution >= 0.6 is 11.8 Å². The molecule has 1 aliphatic heterocycles. The fraction of sp³-hybridized carbons (Fsp3) is 0.522. The summed E-state index contributed by atoms with van der Waals surface area (Å²) >= 11 is 1.44. The molecule has 1 amide bonds. The molecule has 0 spiro atoms. The number of amides is 1. The number of hydrogen-bond acceptors (Lipinski definition) is 6. The maximum Gasteiger partial charge on any atom is 0.251 e. The van der Waals surface area contributed by atoms with Crippen molar-refractivity contribution in [3.63, 3.8) is 0 Å². The van der Waals surface area contributed by atoms with Gasteiger partial charge in [0.05, 0.1) is 18.2 Å². The van der Waals surface area contributed by atoms with Crippen LogP contribution in [-0.4, -0.2) is 59.8 Å². The van der Waals surface area contributed by atoms with E-state index in [1.807, 2.05) is 36.9 Å². The SMILES string of the molecule is CCCc1cc(=O)[nH]c(SCC(C)(C)C(=O)N2CCN(c3ccccc3OC)CC2)n1. The molecule has 3 rings (SSSR count). The zero-order chi connectivity index (χ0) is 22.4. The number of carbonyl (C=O) groups is 1. The number of rotatable bonds is 8. The molecule has 7 nitrogen and oxygen atoms in total. The molecule has 1 aromatic heterocycles. The van der Waals surface area contributed by atoms with Gasteiger partial charge in [-0.15, -0.1) is 0 Å². The molecule has 168 valence electrons. The Morgan fingerprint density at radius 3 is 2.61 bits per heavy atom. The zero-order valence-electron chi connectivity index (χ0n) is 18.8. The summed E-state index contributed by atoms with van der Waals surface area (Å²) in [5, 5.41) is 0.581. The second kappa shape index (κ2) is 10.2. The van der Waals surface area contributed by atoms with E-state index in [4.69, 9.17) is 4.74 Å². The standard InChI is InChI=1S/C23H32N4O3S/c1-5-8-17-15-20(28)25-22(24-17)31-16-23(2,3)21(29)27-13-11-26(12-14-27)18-9-6-7-10-19(18)30-4/h6-7,9-10,15H,5,8,11-14,16H2,1-4H3,(H,24,25,28). The van der Waals surface area contributed by atoms with Crippen LogP contribution < -0.4 is 15.2 Å². The Labute approximate surface area is 188 Å². The number of thioether (sulfide) groups is 1. The van der Waals surface area contributed by atoms with Gasteiger partial charge in [-0.25, -0.2) is 4.98 Å². The number of nitrogens with zero attached hydrogens (tertiary/aromatic N) is 3. The van der Waals surface area contributed by atoms with E-state index in [9.17, 15) is 9.59 Å². The van der Waals surface area contributed by atoms with E-state index in [2.05, 4.69) is 27.9 Å². The van der Waals surface area contributed by atoms with E-state index in [0.717, 1.165) is 43.1 Å². The van der Waals surface area contributed by atoms with Crippen LogP contribution in [0.3, 0.4) is 0 Å². The van der Waals surface area contributed by atoms with Crippen LogP contribution in [0.1, 0.15) is 32.9 Å². The molecule has 8 heteroatoms. The number of ether oxygens (including phenoxy) is 1. The number of aromatic amines is 1. The van der Waals surface area contributed by atoms with Gasteiger partial charge in [-0.2, -0.15) is 0 Å². The summed E-state index contributed by atoms with van der Waals surface area (Å²) in [5.41, 5.74) is 1.16. The van der Waals surface area contributed by atoms with Gasteiger partial charge in [0.25, 0.3) is 5.56 Å². The quantitative estimate of drug-likeness (QED) is 0.498. The first-order valence-electron chi connectivity index (χ1n) is 10.7. The number of carbonyl (C=O) groups excluding carboxylic acids is 1. The smallest absolute Gasteiger partial charge is 0.251 e. The summed E-state index contributed by atoms with van der Waals surface area (Å²) in [4.78, 5) is 36.6. The van der Waals surface area contributed by atoms with Gasteiger partial charge in [-0.1, -0.05) is 51.1 Å². The first-order valence-corrected chi connectivity index (χ1v) is 11.7. The third-order valence-corrected chi connectivity index (χ3v) is 6.75. The summed E-state index contributed by atoms with van der Waals surface area (Å²) < 4.78 is 5.48. The average molecular weight is 445 g/mol. The number of H-pyrrole nitrogens is 1. The first kappa shape index (κ1) is 23.2. The highest BCUT2D eigenvalue weighted by Crippen LogP contribution is 2.31. The number of piperazine rings is 1. The van der Waals surface area contributed by atoms with Gasteiger partial charge < -0.3 is 19.5 Å². The van der Waals surface area contributed by atoms with E-state index in [0.29, 0.717) is 24.0 Å². The maximum atomic E-state index is 13.2. The maximum absolute atomic E-state index is 13.2. The molecule has 0 radical (unpaired) electrons. The predicted octanol–water partition coefficient (Wildman–Crippen LogP) is 3.20. The zero-order valence-corrected chi connectivity index (χ0v) is 19.6. The first-order chi connectivity index (χ1) is 14.8. The van der Waals surface area contributed by atoms with Crippen LogP contribution in [0.2, 0.25) is 0 Å². The molecular formula is C23H32N4O3S. The molecule has 0 aliphatic carbocycles. The van der Waals surface area contributed by atoms with E-state index >= 15 is 0 Å². The van der Waals surface area contributed by atoms with Crippen molar-refractivity contribution < 1.29 is 9.53 Å². The Morgan fingerprint density at radius 2 is 1.94 bits per heavy atom. The minimum atomic E-state index is -0.559. The van der Waals surface area contributed by atoms with Gasteiger partial charge in [0.2, 0.25) is 5.91 Å². The van der Waals surface area contributed by atoms with Crippen LogP contribution in [0.4, 0.5) is 5.69 Å². The Balaban J connectivity index is 1.59. The molecule has 1 saturated heterocycles. The monoisotopic (exact) mass is 444 g/mol. The molecular weight excluding hydrogens is 412 g/mol. The molecule has 2 heterocycles. The Bertz CT molecular complexity index is 952. The highest BCUT2D eigenvalue weighted by Gasteiger charge is 2.34. The molecule has 1 aromatic carbocycles. The third-order valence-electron chi connectivity index (χ3n) is 5.42. The van der Waals surface area contributed by atoms with Crippen molar-refractivity contribution in [2.45, 2.75) is 38.8 Å². The Kier molecular flexibility index (Phi) is 7.64. The van der Waals surface area contributed by atoms with Crippen molar-refractivity contribution in [3.8, 4) is 5.75 Å². The molecule has 0 bridgehead atoms. The number of hydrogen-bond donors (Lipinski definition) is 1.